The smallest absolute Gasteiger partial charge is 0.119 e. The molecule has 0 aliphatic heterocycles. The van der Waals surface area contributed by atoms with Crippen molar-refractivity contribution in [1.82, 2.24) is 25.1 Å². The van der Waals surface area contributed by atoms with E-state index in [1.54, 1.807) is 23.7 Å². The van der Waals surface area contributed by atoms with Crippen molar-refractivity contribution in [1.29, 1.82) is 0 Å². The summed E-state index contributed by atoms with van der Waals surface area (Å²) in [6, 6.07) is 8.19. The van der Waals surface area contributed by atoms with Gasteiger partial charge in [0.05, 0.1) is 5.51 Å². The molecule has 0 saturated heterocycles. The average molecular weight is 357 g/mol. The third-order valence-electron chi connectivity index (χ3n) is 4.90. The van der Waals surface area contributed by atoms with Crippen molar-refractivity contribution >= 4 is 17.4 Å². The maximum Gasteiger partial charge on any atom is 0.119 e. The first kappa shape index (κ1) is 15.2. The summed E-state index contributed by atoms with van der Waals surface area (Å²) in [7, 11) is 0. The van der Waals surface area contributed by atoms with Crippen molar-refractivity contribution in [2.45, 2.75) is 11.8 Å². The lowest BCUT2D eigenvalue weighted by molar-refractivity contribution is 0.615. The molecule has 1 N–H and O–H groups in total. The molecule has 0 saturated carbocycles. The number of nitrogens with zero attached hydrogens (tertiary/aromatic N) is 4. The molecule has 1 aliphatic rings. The fourth-order valence-corrected chi connectivity index (χ4v) is 4.14. The summed E-state index contributed by atoms with van der Waals surface area (Å²) in [6.07, 6.45) is 12.6. The lowest BCUT2D eigenvalue weighted by Gasteiger charge is -2.33. The zero-order valence-corrected chi connectivity index (χ0v) is 14.6. The van der Waals surface area contributed by atoms with Crippen LogP contribution in [0.3, 0.4) is 0 Å². The first-order valence-corrected chi connectivity index (χ1v) is 9.27. The zero-order chi connectivity index (χ0) is 17.4. The van der Waals surface area contributed by atoms with E-state index in [2.05, 4.69) is 49.4 Å². The molecular weight excluding hydrogens is 342 g/mol. The lowest BCUT2D eigenvalue weighted by atomic mass is 9.69. The van der Waals surface area contributed by atoms with E-state index in [0.29, 0.717) is 0 Å². The van der Waals surface area contributed by atoms with E-state index in [1.165, 1.54) is 0 Å². The molecule has 0 atom stereocenters. The van der Waals surface area contributed by atoms with Gasteiger partial charge in [-0.25, -0.2) is 4.98 Å². The Kier molecular flexibility index (Phi) is 3.50. The molecule has 0 aromatic carbocycles. The van der Waals surface area contributed by atoms with E-state index < -0.39 is 0 Å². The highest BCUT2D eigenvalue weighted by atomic mass is 32.1. The fraction of sp³-hybridized carbons (Fsp3) is 0.100. The van der Waals surface area contributed by atoms with Crippen LogP contribution in [0.5, 0.6) is 0 Å². The average Bonchev–Trinajstić information content (AvgIpc) is 3.38. The van der Waals surface area contributed by atoms with Gasteiger partial charge in [-0.15, -0.1) is 11.3 Å². The highest BCUT2D eigenvalue weighted by Gasteiger charge is 2.37. The molecule has 1 aliphatic carbocycles. The lowest BCUT2D eigenvalue weighted by Crippen LogP contribution is -2.30. The number of fused-ring (bicyclic) bond motifs is 1. The van der Waals surface area contributed by atoms with Gasteiger partial charge in [0.1, 0.15) is 11.4 Å². The third-order valence-corrected chi connectivity index (χ3v) is 5.49. The third kappa shape index (κ3) is 2.30. The number of aromatic amines is 1. The summed E-state index contributed by atoms with van der Waals surface area (Å²) in [6.45, 7) is 0. The van der Waals surface area contributed by atoms with Crippen LogP contribution in [0.15, 0.2) is 66.0 Å². The normalized spacial score (nSPS) is 14.9. The van der Waals surface area contributed by atoms with Crippen LogP contribution in [-0.2, 0) is 11.8 Å². The van der Waals surface area contributed by atoms with Crippen LogP contribution in [0.4, 0.5) is 0 Å². The second kappa shape index (κ2) is 6.00. The molecule has 0 bridgehead atoms. The van der Waals surface area contributed by atoms with Crippen molar-refractivity contribution in [3.63, 3.8) is 0 Å². The summed E-state index contributed by atoms with van der Waals surface area (Å²) in [5, 5.41) is 9.78. The standard InChI is InChI=1S/C20H15N5S/c1-3-14(10-21-7-1)20(15-4-2-8-22-11-15)6-5-16-17(9-20)24-25-19(16)18-12-26-13-23-18/h1-8,10-13H,9H2,(H,24,25). The second-order valence-corrected chi connectivity index (χ2v) is 7.02. The molecule has 0 spiro atoms. The summed E-state index contributed by atoms with van der Waals surface area (Å²) < 4.78 is 0. The van der Waals surface area contributed by atoms with Gasteiger partial charge in [-0.2, -0.15) is 5.10 Å². The molecule has 5 nitrogen and oxygen atoms in total. The van der Waals surface area contributed by atoms with Crippen molar-refractivity contribution < 1.29 is 0 Å². The van der Waals surface area contributed by atoms with Gasteiger partial charge in [-0.1, -0.05) is 24.3 Å². The van der Waals surface area contributed by atoms with E-state index in [1.807, 2.05) is 35.4 Å². The van der Waals surface area contributed by atoms with Crippen molar-refractivity contribution in [3.8, 4) is 11.4 Å². The van der Waals surface area contributed by atoms with Crippen LogP contribution in [-0.4, -0.2) is 25.1 Å². The highest BCUT2D eigenvalue weighted by molar-refractivity contribution is 7.07. The molecule has 4 aromatic heterocycles. The van der Waals surface area contributed by atoms with Gasteiger partial charge in [0.25, 0.3) is 0 Å². The van der Waals surface area contributed by atoms with Crippen molar-refractivity contribution in [2.75, 3.05) is 0 Å². The minimum Gasteiger partial charge on any atom is -0.281 e. The van der Waals surface area contributed by atoms with Crippen molar-refractivity contribution in [2.24, 2.45) is 0 Å². The fourth-order valence-electron chi connectivity index (χ4n) is 3.61. The predicted molar refractivity (Wildman–Crippen MR) is 102 cm³/mol. The number of rotatable bonds is 3. The Labute approximate surface area is 154 Å². The Morgan fingerprint density at radius 2 is 1.81 bits per heavy atom. The topological polar surface area (TPSA) is 67.3 Å². The van der Waals surface area contributed by atoms with E-state index in [9.17, 15) is 0 Å². The van der Waals surface area contributed by atoms with Crippen LogP contribution in [0, 0.1) is 0 Å². The van der Waals surface area contributed by atoms with Crippen molar-refractivity contribution in [3.05, 3.63) is 88.4 Å². The van der Waals surface area contributed by atoms with E-state index >= 15 is 0 Å². The summed E-state index contributed by atoms with van der Waals surface area (Å²) in [4.78, 5) is 13.1. The van der Waals surface area contributed by atoms with Gasteiger partial charge in [-0.3, -0.25) is 15.1 Å². The molecule has 0 unspecified atom stereocenters. The van der Waals surface area contributed by atoms with Gasteiger partial charge >= 0.3 is 0 Å². The Morgan fingerprint density at radius 1 is 1.04 bits per heavy atom. The maximum absolute atomic E-state index is 4.53. The highest BCUT2D eigenvalue weighted by Crippen LogP contribution is 2.42. The largest absolute Gasteiger partial charge is 0.281 e. The van der Waals surface area contributed by atoms with Crippen LogP contribution in [0.1, 0.15) is 22.4 Å². The molecule has 0 fully saturated rings. The van der Waals surface area contributed by atoms with Gasteiger partial charge < -0.3 is 0 Å². The molecule has 5 rings (SSSR count). The van der Waals surface area contributed by atoms with E-state index in [4.69, 9.17) is 0 Å². The number of aromatic nitrogens is 5. The summed E-state index contributed by atoms with van der Waals surface area (Å²) in [5.74, 6) is 0. The molecule has 126 valence electrons. The molecule has 0 amide bonds. The Bertz CT molecular complexity index is 1010. The molecule has 26 heavy (non-hydrogen) atoms. The van der Waals surface area contributed by atoms with E-state index in [-0.39, 0.29) is 5.41 Å². The molecule has 6 heteroatoms. The Hall–Kier alpha value is -3.12. The molecular formula is C20H15N5S. The Morgan fingerprint density at radius 3 is 2.42 bits per heavy atom. The van der Waals surface area contributed by atoms with Gasteiger partial charge in [0.15, 0.2) is 0 Å². The molecule has 0 radical (unpaired) electrons. The number of hydrogen-bond acceptors (Lipinski definition) is 5. The van der Waals surface area contributed by atoms with E-state index in [0.717, 1.165) is 40.2 Å². The maximum atomic E-state index is 4.53. The number of nitrogens with one attached hydrogen (secondary N) is 1. The molecule has 4 heterocycles. The Balaban J connectivity index is 1.67. The second-order valence-electron chi connectivity index (χ2n) is 6.30. The molecule has 4 aromatic rings. The quantitative estimate of drug-likeness (QED) is 0.604. The zero-order valence-electron chi connectivity index (χ0n) is 13.8. The first-order valence-electron chi connectivity index (χ1n) is 8.33. The summed E-state index contributed by atoms with van der Waals surface area (Å²) >= 11 is 1.58. The number of thiazole rings is 1. The first-order chi connectivity index (χ1) is 12.9. The number of pyridine rings is 2. The SMILES string of the molecule is C1=CC(c2cccnc2)(c2cccnc2)Cc2[nH]nc(-c3cscn3)c21. The van der Waals surface area contributed by atoms with Crippen LogP contribution >= 0.6 is 11.3 Å². The number of hydrogen-bond donors (Lipinski definition) is 1. The monoisotopic (exact) mass is 357 g/mol. The number of H-pyrrole nitrogens is 1. The van der Waals surface area contributed by atoms with Gasteiger partial charge in [-0.05, 0) is 23.3 Å². The predicted octanol–water partition coefficient (Wildman–Crippen LogP) is 3.88. The van der Waals surface area contributed by atoms with Crippen LogP contribution in [0.2, 0.25) is 0 Å². The van der Waals surface area contributed by atoms with Crippen LogP contribution < -0.4 is 0 Å². The minimum absolute atomic E-state index is 0.318. The van der Waals surface area contributed by atoms with Crippen LogP contribution in [0.25, 0.3) is 17.5 Å². The minimum atomic E-state index is -0.318. The number of allylic oxidation sites excluding steroid dienone is 1. The van der Waals surface area contributed by atoms with Gasteiger partial charge in [0, 0.05) is 53.3 Å². The van der Waals surface area contributed by atoms with Gasteiger partial charge in [0.2, 0.25) is 0 Å². The summed E-state index contributed by atoms with van der Waals surface area (Å²) in [5.41, 5.74) is 7.82.